The highest BCUT2D eigenvalue weighted by Gasteiger charge is 2.46. The van der Waals surface area contributed by atoms with Gasteiger partial charge in [0, 0.05) is 22.3 Å². The molecule has 24 heavy (non-hydrogen) atoms. The fourth-order valence-electron chi connectivity index (χ4n) is 4.64. The summed E-state index contributed by atoms with van der Waals surface area (Å²) >= 11 is 2.06. The van der Waals surface area contributed by atoms with Crippen LogP contribution in [0.15, 0.2) is 66.4 Å². The van der Waals surface area contributed by atoms with Crippen molar-refractivity contribution >= 4 is 16.7 Å². The van der Waals surface area contributed by atoms with Gasteiger partial charge in [-0.3, -0.25) is 0 Å². The van der Waals surface area contributed by atoms with Gasteiger partial charge in [0.15, 0.2) is 0 Å². The first-order chi connectivity index (χ1) is 11.6. The lowest BCUT2D eigenvalue weighted by molar-refractivity contribution is 0.226. The van der Waals surface area contributed by atoms with Crippen LogP contribution in [0.5, 0.6) is 0 Å². The van der Waals surface area contributed by atoms with Crippen LogP contribution in [0, 0.1) is 11.3 Å². The molecule has 1 aromatic rings. The summed E-state index contributed by atoms with van der Waals surface area (Å²) in [6.45, 7) is 12.8. The molecule has 2 heteroatoms. The molecule has 3 aliphatic rings. The minimum atomic E-state index is 0.115. The van der Waals surface area contributed by atoms with Crippen LogP contribution >= 0.6 is 11.8 Å². The van der Waals surface area contributed by atoms with E-state index in [4.69, 9.17) is 0 Å². The first-order valence-electron chi connectivity index (χ1n) is 8.78. The van der Waals surface area contributed by atoms with Crippen LogP contribution in [0.1, 0.15) is 31.4 Å². The summed E-state index contributed by atoms with van der Waals surface area (Å²) in [4.78, 5) is 1.52. The van der Waals surface area contributed by atoms with E-state index >= 15 is 0 Å². The maximum atomic E-state index is 4.06. The number of thioether (sulfide) groups is 1. The molecule has 0 saturated heterocycles. The zero-order valence-electron chi connectivity index (χ0n) is 14.6. The third-order valence-corrected chi connectivity index (χ3v) is 7.33. The van der Waals surface area contributed by atoms with Gasteiger partial charge in [-0.05, 0) is 46.6 Å². The van der Waals surface area contributed by atoms with Gasteiger partial charge >= 0.3 is 0 Å². The SMILES string of the molecule is C=CC1=C(C=C)C(C)(C)C2CSC3=C(CCc4ccccc43)C2N1. The maximum absolute atomic E-state index is 4.06. The van der Waals surface area contributed by atoms with Crippen LogP contribution in [0.25, 0.3) is 4.91 Å². The summed E-state index contributed by atoms with van der Waals surface area (Å²) < 4.78 is 0. The largest absolute Gasteiger partial charge is 0.378 e. The number of fused-ring (bicyclic) bond motifs is 4. The van der Waals surface area contributed by atoms with E-state index in [-0.39, 0.29) is 5.41 Å². The lowest BCUT2D eigenvalue weighted by Gasteiger charge is -2.50. The molecule has 0 radical (unpaired) electrons. The average Bonchev–Trinajstić information content (AvgIpc) is 2.60. The zero-order valence-corrected chi connectivity index (χ0v) is 15.4. The average molecular weight is 336 g/mol. The van der Waals surface area contributed by atoms with Crippen LogP contribution in [0.2, 0.25) is 0 Å². The fraction of sp³-hybridized carbons (Fsp3) is 0.364. The number of hydrogen-bond acceptors (Lipinski definition) is 2. The monoisotopic (exact) mass is 335 g/mol. The molecule has 2 heterocycles. The normalized spacial score (nSPS) is 27.6. The molecule has 2 atom stereocenters. The van der Waals surface area contributed by atoms with Gasteiger partial charge < -0.3 is 5.32 Å². The fourth-order valence-corrected chi connectivity index (χ4v) is 6.37. The second-order valence-electron chi connectivity index (χ2n) is 7.51. The van der Waals surface area contributed by atoms with E-state index in [2.05, 4.69) is 68.3 Å². The van der Waals surface area contributed by atoms with Crippen LogP contribution in [0.3, 0.4) is 0 Å². The molecule has 2 aliphatic heterocycles. The summed E-state index contributed by atoms with van der Waals surface area (Å²) in [5.41, 5.74) is 7.15. The van der Waals surface area contributed by atoms with E-state index in [1.165, 1.54) is 21.6 Å². The standard InChI is InChI=1S/C22H25NS/c1-5-17-19(6-2)23-20-16-12-11-14-9-7-8-10-15(14)21(16)24-13-18(20)22(17,3)4/h5-10,18,20,23H,1-2,11-13H2,3-4H3. The molecular formula is C22H25NS. The van der Waals surface area contributed by atoms with Gasteiger partial charge in [0.2, 0.25) is 0 Å². The summed E-state index contributed by atoms with van der Waals surface area (Å²) in [6.07, 6.45) is 6.30. The van der Waals surface area contributed by atoms with Gasteiger partial charge in [0.25, 0.3) is 0 Å². The van der Waals surface area contributed by atoms with E-state index in [1.807, 2.05) is 12.2 Å². The minimum absolute atomic E-state index is 0.115. The lowest BCUT2D eigenvalue weighted by Crippen LogP contribution is -2.52. The second-order valence-corrected chi connectivity index (χ2v) is 8.54. The highest BCUT2D eigenvalue weighted by Crippen LogP contribution is 2.53. The molecule has 1 aliphatic carbocycles. The van der Waals surface area contributed by atoms with Gasteiger partial charge in [0.05, 0.1) is 6.04 Å². The number of hydrogen-bond donors (Lipinski definition) is 1. The van der Waals surface area contributed by atoms with Crippen LogP contribution in [0.4, 0.5) is 0 Å². The predicted molar refractivity (Wildman–Crippen MR) is 106 cm³/mol. The van der Waals surface area contributed by atoms with Crippen molar-refractivity contribution < 1.29 is 0 Å². The third-order valence-electron chi connectivity index (χ3n) is 6.03. The Morgan fingerprint density at radius 1 is 1.17 bits per heavy atom. The Bertz CT molecular complexity index is 781. The zero-order chi connectivity index (χ0) is 16.9. The molecule has 0 amide bonds. The number of aryl methyl sites for hydroxylation is 1. The molecule has 2 unspecified atom stereocenters. The van der Waals surface area contributed by atoms with Gasteiger partial charge in [-0.2, -0.15) is 0 Å². The van der Waals surface area contributed by atoms with Crippen LogP contribution in [-0.4, -0.2) is 11.8 Å². The maximum Gasteiger partial charge on any atom is 0.0532 e. The molecule has 1 N–H and O–H groups in total. The highest BCUT2D eigenvalue weighted by atomic mass is 32.2. The molecule has 0 fully saturated rings. The quantitative estimate of drug-likeness (QED) is 0.784. The Labute approximate surface area is 149 Å². The van der Waals surface area contributed by atoms with Crippen molar-refractivity contribution in [2.45, 2.75) is 32.7 Å². The summed E-state index contributed by atoms with van der Waals surface area (Å²) in [6, 6.07) is 9.34. The summed E-state index contributed by atoms with van der Waals surface area (Å²) in [5.74, 6) is 1.74. The van der Waals surface area contributed by atoms with Crippen molar-refractivity contribution in [1.82, 2.24) is 5.32 Å². The first-order valence-corrected chi connectivity index (χ1v) is 9.76. The van der Waals surface area contributed by atoms with Crippen molar-refractivity contribution in [3.63, 3.8) is 0 Å². The van der Waals surface area contributed by atoms with Crippen molar-refractivity contribution in [3.8, 4) is 0 Å². The molecule has 0 bridgehead atoms. The molecule has 1 aromatic carbocycles. The Hall–Kier alpha value is -1.67. The molecule has 124 valence electrons. The van der Waals surface area contributed by atoms with Crippen LogP contribution in [-0.2, 0) is 6.42 Å². The summed E-state index contributed by atoms with van der Waals surface area (Å²) in [7, 11) is 0. The van der Waals surface area contributed by atoms with Crippen molar-refractivity contribution in [2.75, 3.05) is 5.75 Å². The summed E-state index contributed by atoms with van der Waals surface area (Å²) in [5, 5.41) is 3.81. The van der Waals surface area contributed by atoms with Crippen molar-refractivity contribution in [2.24, 2.45) is 11.3 Å². The number of nitrogens with one attached hydrogen (secondary N) is 1. The van der Waals surface area contributed by atoms with Gasteiger partial charge in [-0.25, -0.2) is 0 Å². The Balaban J connectivity index is 1.84. The van der Waals surface area contributed by atoms with E-state index in [0.29, 0.717) is 12.0 Å². The Kier molecular flexibility index (Phi) is 3.76. The Morgan fingerprint density at radius 3 is 2.71 bits per heavy atom. The van der Waals surface area contributed by atoms with E-state index < -0.39 is 0 Å². The molecule has 0 spiro atoms. The van der Waals surface area contributed by atoms with Crippen molar-refractivity contribution in [1.29, 1.82) is 0 Å². The van der Waals surface area contributed by atoms with E-state index in [1.54, 1.807) is 5.57 Å². The predicted octanol–water partition coefficient (Wildman–Crippen LogP) is 5.33. The van der Waals surface area contributed by atoms with Crippen LogP contribution < -0.4 is 5.32 Å². The highest BCUT2D eigenvalue weighted by molar-refractivity contribution is 8.08. The second kappa shape index (κ2) is 5.70. The number of rotatable bonds is 2. The smallest absolute Gasteiger partial charge is 0.0532 e. The topological polar surface area (TPSA) is 12.0 Å². The molecule has 0 aromatic heterocycles. The molecule has 4 rings (SSSR count). The number of allylic oxidation sites excluding steroid dienone is 3. The molecule has 0 saturated carbocycles. The number of benzene rings is 1. The van der Waals surface area contributed by atoms with Gasteiger partial charge in [-0.1, -0.05) is 57.3 Å². The lowest BCUT2D eigenvalue weighted by atomic mass is 9.65. The van der Waals surface area contributed by atoms with Gasteiger partial charge in [-0.15, -0.1) is 11.8 Å². The third kappa shape index (κ3) is 2.16. The van der Waals surface area contributed by atoms with Crippen molar-refractivity contribution in [3.05, 3.63) is 77.5 Å². The van der Waals surface area contributed by atoms with E-state index in [9.17, 15) is 0 Å². The first kappa shape index (κ1) is 15.8. The van der Waals surface area contributed by atoms with E-state index in [0.717, 1.165) is 24.3 Å². The molecular weight excluding hydrogens is 310 g/mol. The minimum Gasteiger partial charge on any atom is -0.378 e. The molecule has 1 nitrogen and oxygen atoms in total. The van der Waals surface area contributed by atoms with Gasteiger partial charge in [0.1, 0.15) is 0 Å². The Morgan fingerprint density at radius 2 is 1.96 bits per heavy atom.